The number of hydrogen-bond acceptors (Lipinski definition) is 4. The van der Waals surface area contributed by atoms with Gasteiger partial charge in [0, 0.05) is 20.1 Å². The van der Waals surface area contributed by atoms with Gasteiger partial charge in [0.25, 0.3) is 0 Å². The summed E-state index contributed by atoms with van der Waals surface area (Å²) in [5.74, 6) is -0.948. The zero-order valence-corrected chi connectivity index (χ0v) is 12.2. The molecular weight excluding hydrogens is 307 g/mol. The van der Waals surface area contributed by atoms with E-state index in [9.17, 15) is 18.1 Å². The van der Waals surface area contributed by atoms with Crippen molar-refractivity contribution < 1.29 is 17.5 Å². The molecule has 0 bridgehead atoms. The van der Waals surface area contributed by atoms with Crippen LogP contribution in [0.3, 0.4) is 0 Å². The molecule has 0 unspecified atom stereocenters. The molecule has 1 aliphatic heterocycles. The smallest absolute Gasteiger partial charge is 0.248 e. The third kappa shape index (κ3) is 2.29. The minimum Gasteiger partial charge on any atom is -0.378 e. The van der Waals surface area contributed by atoms with E-state index in [0.29, 0.717) is 0 Å². The molecule has 1 aromatic rings. The molecule has 1 fully saturated rings. The Bertz CT molecular complexity index is 646. The lowest BCUT2D eigenvalue weighted by atomic mass is 10.0. The maximum atomic E-state index is 13.8. The number of halogens is 2. The van der Waals surface area contributed by atoms with Crippen molar-refractivity contribution in [2.75, 3.05) is 20.3 Å². The average molecular weight is 319 g/mol. The molecule has 5 nitrogen and oxygen atoms in total. The van der Waals surface area contributed by atoms with Gasteiger partial charge in [0.15, 0.2) is 0 Å². The Morgan fingerprint density at radius 2 is 2.25 bits per heavy atom. The van der Waals surface area contributed by atoms with E-state index in [2.05, 4.69) is 0 Å². The quantitative estimate of drug-likeness (QED) is 0.852. The molecule has 1 aromatic carbocycles. The number of likely N-dealkylation sites (N-methyl/N-ethyl adjacent to an activating group) is 1. The topological polar surface area (TPSA) is 70.4 Å². The predicted octanol–water partition coefficient (Wildman–Crippen LogP) is 1.78. The molecule has 1 atom stereocenters. The van der Waals surface area contributed by atoms with Crippen LogP contribution in [0.5, 0.6) is 0 Å². The standard InChI is InChI=1S/C12H12ClFN2O3S/c1-16(12(7-15)5-6-19-8-12)20(17,18)11-9(13)3-2-4-10(11)14/h2-4H,5-6,8H2,1H3/t12-/m0/s1. The Kier molecular flexibility index (Phi) is 4.02. The second kappa shape index (κ2) is 5.30. The monoisotopic (exact) mass is 318 g/mol. The molecule has 108 valence electrons. The van der Waals surface area contributed by atoms with Crippen molar-refractivity contribution in [3.63, 3.8) is 0 Å². The van der Waals surface area contributed by atoms with Gasteiger partial charge in [-0.1, -0.05) is 17.7 Å². The number of nitriles is 1. The molecule has 0 amide bonds. The van der Waals surface area contributed by atoms with Crippen LogP contribution in [0.2, 0.25) is 5.02 Å². The van der Waals surface area contributed by atoms with Crippen molar-refractivity contribution in [2.24, 2.45) is 0 Å². The van der Waals surface area contributed by atoms with Gasteiger partial charge in [0.05, 0.1) is 17.7 Å². The third-order valence-corrected chi connectivity index (χ3v) is 5.78. The summed E-state index contributed by atoms with van der Waals surface area (Å²) >= 11 is 5.79. The first-order valence-corrected chi connectivity index (χ1v) is 7.59. The maximum Gasteiger partial charge on any atom is 0.248 e. The summed E-state index contributed by atoms with van der Waals surface area (Å²) in [6.07, 6.45) is 0.227. The van der Waals surface area contributed by atoms with Crippen LogP contribution in [0, 0.1) is 17.1 Å². The van der Waals surface area contributed by atoms with Crippen LogP contribution in [0.4, 0.5) is 4.39 Å². The van der Waals surface area contributed by atoms with Crippen molar-refractivity contribution in [3.8, 4) is 6.07 Å². The van der Waals surface area contributed by atoms with E-state index in [1.165, 1.54) is 19.2 Å². The van der Waals surface area contributed by atoms with Crippen LogP contribution in [0.15, 0.2) is 23.1 Å². The van der Waals surface area contributed by atoms with E-state index < -0.39 is 26.3 Å². The van der Waals surface area contributed by atoms with Gasteiger partial charge >= 0.3 is 0 Å². The van der Waals surface area contributed by atoms with E-state index in [4.69, 9.17) is 16.3 Å². The lowest BCUT2D eigenvalue weighted by Gasteiger charge is -2.30. The summed E-state index contributed by atoms with van der Waals surface area (Å²) in [5.41, 5.74) is -1.33. The highest BCUT2D eigenvalue weighted by Crippen LogP contribution is 2.33. The second-order valence-corrected chi connectivity index (χ2v) is 6.78. The van der Waals surface area contributed by atoms with Crippen LogP contribution in [0.25, 0.3) is 0 Å². The number of ether oxygens (including phenoxy) is 1. The van der Waals surface area contributed by atoms with Gasteiger partial charge in [0.1, 0.15) is 16.3 Å². The lowest BCUT2D eigenvalue weighted by molar-refractivity contribution is 0.162. The van der Waals surface area contributed by atoms with Crippen LogP contribution in [-0.2, 0) is 14.8 Å². The van der Waals surface area contributed by atoms with Gasteiger partial charge < -0.3 is 4.74 Å². The average Bonchev–Trinajstić information content (AvgIpc) is 2.87. The van der Waals surface area contributed by atoms with Gasteiger partial charge in [-0.25, -0.2) is 12.8 Å². The van der Waals surface area contributed by atoms with Crippen LogP contribution >= 0.6 is 11.6 Å². The highest BCUT2D eigenvalue weighted by molar-refractivity contribution is 7.89. The second-order valence-electron chi connectivity index (χ2n) is 4.47. The third-order valence-electron chi connectivity index (χ3n) is 3.35. The normalized spacial score (nSPS) is 22.9. The summed E-state index contributed by atoms with van der Waals surface area (Å²) < 4.78 is 44.8. The van der Waals surface area contributed by atoms with E-state index in [1.807, 2.05) is 6.07 Å². The molecule has 0 aromatic heterocycles. The summed E-state index contributed by atoms with van der Waals surface area (Å²) in [6.45, 7) is 0.226. The Hall–Kier alpha value is -1.20. The first-order chi connectivity index (χ1) is 9.35. The van der Waals surface area contributed by atoms with E-state index in [-0.39, 0.29) is 24.7 Å². The summed E-state index contributed by atoms with van der Waals surface area (Å²) in [5, 5.41) is 9.05. The number of benzene rings is 1. The predicted molar refractivity (Wildman–Crippen MR) is 70.1 cm³/mol. The van der Waals surface area contributed by atoms with Gasteiger partial charge in [-0.05, 0) is 12.1 Å². The Morgan fingerprint density at radius 1 is 1.55 bits per heavy atom. The van der Waals surface area contributed by atoms with E-state index >= 15 is 0 Å². The maximum absolute atomic E-state index is 13.8. The van der Waals surface area contributed by atoms with Crippen LogP contribution < -0.4 is 0 Å². The summed E-state index contributed by atoms with van der Waals surface area (Å²) in [7, 11) is -3.00. The fourth-order valence-corrected chi connectivity index (χ4v) is 4.06. The van der Waals surface area contributed by atoms with Gasteiger partial charge in [-0.15, -0.1) is 0 Å². The number of hydrogen-bond donors (Lipinski definition) is 0. The van der Waals surface area contributed by atoms with Gasteiger partial charge in [-0.2, -0.15) is 9.57 Å². The summed E-state index contributed by atoms with van der Waals surface area (Å²) in [4.78, 5) is -0.620. The molecule has 0 aliphatic carbocycles. The Labute approximate surface area is 121 Å². The summed E-state index contributed by atoms with van der Waals surface area (Å²) in [6, 6.07) is 5.56. The van der Waals surface area contributed by atoms with Crippen molar-refractivity contribution in [1.82, 2.24) is 4.31 Å². The minimum atomic E-state index is -4.23. The van der Waals surface area contributed by atoms with E-state index in [1.54, 1.807) is 0 Å². The Balaban J connectivity index is 2.53. The van der Waals surface area contributed by atoms with Crippen LogP contribution in [0.1, 0.15) is 6.42 Å². The van der Waals surface area contributed by atoms with Crippen molar-refractivity contribution >= 4 is 21.6 Å². The molecule has 0 spiro atoms. The molecule has 1 saturated heterocycles. The number of sulfonamides is 1. The molecule has 2 rings (SSSR count). The number of rotatable bonds is 3. The molecule has 0 saturated carbocycles. The van der Waals surface area contributed by atoms with Crippen molar-refractivity contribution in [2.45, 2.75) is 16.9 Å². The fraction of sp³-hybridized carbons (Fsp3) is 0.417. The van der Waals surface area contributed by atoms with Gasteiger partial charge in [-0.3, -0.25) is 0 Å². The Morgan fingerprint density at radius 3 is 2.75 bits per heavy atom. The lowest BCUT2D eigenvalue weighted by Crippen LogP contribution is -2.49. The van der Waals surface area contributed by atoms with Crippen molar-refractivity contribution in [1.29, 1.82) is 5.26 Å². The molecular formula is C12H12ClFN2O3S. The highest BCUT2D eigenvalue weighted by atomic mass is 35.5. The molecule has 0 N–H and O–H groups in total. The minimum absolute atomic E-state index is 0.0503. The zero-order chi connectivity index (χ0) is 15.0. The first-order valence-electron chi connectivity index (χ1n) is 5.77. The zero-order valence-electron chi connectivity index (χ0n) is 10.6. The number of nitrogens with zero attached hydrogens (tertiary/aromatic N) is 2. The molecule has 20 heavy (non-hydrogen) atoms. The van der Waals surface area contributed by atoms with E-state index in [0.717, 1.165) is 10.4 Å². The SMILES string of the molecule is CN([C@]1(C#N)CCOC1)S(=O)(=O)c1c(F)cccc1Cl. The molecule has 0 radical (unpaired) electrons. The highest BCUT2D eigenvalue weighted by Gasteiger charge is 2.46. The molecule has 8 heteroatoms. The van der Waals surface area contributed by atoms with Crippen LogP contribution in [-0.4, -0.2) is 38.5 Å². The first kappa shape index (κ1) is 15.2. The molecule has 1 heterocycles. The molecule has 1 aliphatic rings. The largest absolute Gasteiger partial charge is 0.378 e. The van der Waals surface area contributed by atoms with Crippen molar-refractivity contribution in [3.05, 3.63) is 29.0 Å². The van der Waals surface area contributed by atoms with Gasteiger partial charge in [0.2, 0.25) is 10.0 Å². The fourth-order valence-electron chi connectivity index (χ4n) is 2.06.